The van der Waals surface area contributed by atoms with Gasteiger partial charge in [-0.2, -0.15) is 0 Å². The predicted molar refractivity (Wildman–Crippen MR) is 70.8 cm³/mol. The lowest BCUT2D eigenvalue weighted by atomic mass is 10.2. The van der Waals surface area contributed by atoms with Gasteiger partial charge in [0.25, 0.3) is 11.6 Å². The summed E-state index contributed by atoms with van der Waals surface area (Å²) in [5, 5.41) is 10.8. The van der Waals surface area contributed by atoms with Crippen molar-refractivity contribution in [2.45, 2.75) is 0 Å². The first-order valence-corrected chi connectivity index (χ1v) is 6.13. The van der Waals surface area contributed by atoms with Crippen LogP contribution in [0.5, 0.6) is 5.75 Å². The highest BCUT2D eigenvalue weighted by atomic mass is 16.6. The molecular weight excluding hydrogens is 266 g/mol. The molecule has 1 heterocycles. The number of nitrogens with two attached hydrogens (primary N) is 1. The number of nitrogens with zero attached hydrogens (tertiary/aromatic N) is 2. The quantitative estimate of drug-likeness (QED) is 0.456. The molecule has 20 heavy (non-hydrogen) atoms. The zero-order chi connectivity index (χ0) is 14.5. The van der Waals surface area contributed by atoms with Crippen LogP contribution in [-0.4, -0.2) is 43.7 Å². The molecule has 0 saturated carbocycles. The van der Waals surface area contributed by atoms with Gasteiger partial charge in [0, 0.05) is 25.2 Å². The van der Waals surface area contributed by atoms with E-state index < -0.39 is 4.92 Å². The van der Waals surface area contributed by atoms with Crippen molar-refractivity contribution in [2.75, 3.05) is 37.8 Å². The largest absolute Gasteiger partial charge is 0.482 e. The first kappa shape index (κ1) is 14.2. The molecule has 0 saturated heterocycles. The van der Waals surface area contributed by atoms with Crippen LogP contribution in [0.4, 0.5) is 11.4 Å². The summed E-state index contributed by atoms with van der Waals surface area (Å²) in [6.45, 7) is 1.34. The normalized spacial score (nSPS) is 13.8. The van der Waals surface area contributed by atoms with E-state index in [-0.39, 0.29) is 18.2 Å². The van der Waals surface area contributed by atoms with Crippen LogP contribution >= 0.6 is 0 Å². The van der Waals surface area contributed by atoms with E-state index in [1.807, 2.05) is 0 Å². The van der Waals surface area contributed by atoms with Crippen molar-refractivity contribution in [3.63, 3.8) is 0 Å². The van der Waals surface area contributed by atoms with Crippen molar-refractivity contribution in [1.29, 1.82) is 0 Å². The summed E-state index contributed by atoms with van der Waals surface area (Å²) in [6.07, 6.45) is 0. The van der Waals surface area contributed by atoms with Gasteiger partial charge < -0.3 is 20.1 Å². The fraction of sp³-hybridized carbons (Fsp3) is 0.417. The molecule has 1 aromatic rings. The molecule has 1 aliphatic rings. The molecule has 0 bridgehead atoms. The molecule has 0 atom stereocenters. The Kier molecular flexibility index (Phi) is 4.49. The van der Waals surface area contributed by atoms with Crippen LogP contribution in [0.1, 0.15) is 0 Å². The van der Waals surface area contributed by atoms with Crippen molar-refractivity contribution < 1.29 is 19.2 Å². The third-order valence-corrected chi connectivity index (χ3v) is 2.82. The van der Waals surface area contributed by atoms with E-state index in [0.29, 0.717) is 37.7 Å². The summed E-state index contributed by atoms with van der Waals surface area (Å²) in [4.78, 5) is 23.6. The second-order valence-electron chi connectivity index (χ2n) is 4.14. The summed E-state index contributed by atoms with van der Waals surface area (Å²) in [5.41, 5.74) is 5.61. The van der Waals surface area contributed by atoms with Crippen LogP contribution in [0, 0.1) is 10.1 Å². The molecule has 108 valence electrons. The highest BCUT2D eigenvalue weighted by Crippen LogP contribution is 2.34. The van der Waals surface area contributed by atoms with Crippen molar-refractivity contribution >= 4 is 17.3 Å². The van der Waals surface area contributed by atoms with Gasteiger partial charge in [0.15, 0.2) is 6.61 Å². The number of carbonyl (C=O) groups excluding carboxylic acids is 1. The molecule has 0 aliphatic carbocycles. The van der Waals surface area contributed by atoms with E-state index in [2.05, 4.69) is 0 Å². The monoisotopic (exact) mass is 281 g/mol. The van der Waals surface area contributed by atoms with Crippen molar-refractivity contribution in [3.8, 4) is 5.75 Å². The zero-order valence-corrected chi connectivity index (χ0v) is 10.8. The van der Waals surface area contributed by atoms with Crippen molar-refractivity contribution in [1.82, 2.24) is 0 Å². The summed E-state index contributed by atoms with van der Waals surface area (Å²) < 4.78 is 10.5. The smallest absolute Gasteiger partial charge is 0.271 e. The van der Waals surface area contributed by atoms with Gasteiger partial charge in [0.1, 0.15) is 5.75 Å². The SMILES string of the molecule is NCCOCCN1C(=O)COc2ccc([N+](=O)[O-])cc21. The molecule has 8 heteroatoms. The number of benzene rings is 1. The third-order valence-electron chi connectivity index (χ3n) is 2.82. The molecule has 0 aromatic heterocycles. The highest BCUT2D eigenvalue weighted by Gasteiger charge is 2.27. The summed E-state index contributed by atoms with van der Waals surface area (Å²) in [5.74, 6) is 0.198. The molecule has 0 spiro atoms. The second-order valence-corrected chi connectivity index (χ2v) is 4.14. The highest BCUT2D eigenvalue weighted by molar-refractivity contribution is 5.98. The number of nitro benzene ring substituents is 1. The third kappa shape index (κ3) is 3.03. The minimum absolute atomic E-state index is 0.0816. The van der Waals surface area contributed by atoms with Crippen LogP contribution in [0.3, 0.4) is 0 Å². The average molecular weight is 281 g/mol. The number of amides is 1. The Morgan fingerprint density at radius 1 is 1.45 bits per heavy atom. The van der Waals surface area contributed by atoms with E-state index in [1.165, 1.54) is 23.1 Å². The Labute approximate surface area is 115 Å². The number of anilines is 1. The Hall–Kier alpha value is -2.19. The Bertz CT molecular complexity index is 520. The standard InChI is InChI=1S/C12H15N3O5/c13-3-5-19-6-4-14-10-7-9(15(17)18)1-2-11(10)20-8-12(14)16/h1-2,7H,3-6,8,13H2. The minimum atomic E-state index is -0.511. The van der Waals surface area contributed by atoms with E-state index in [4.69, 9.17) is 15.2 Å². The first-order chi connectivity index (χ1) is 9.63. The summed E-state index contributed by atoms with van der Waals surface area (Å²) >= 11 is 0. The lowest BCUT2D eigenvalue weighted by Gasteiger charge is -2.29. The molecule has 1 aliphatic heterocycles. The molecule has 8 nitrogen and oxygen atoms in total. The Morgan fingerprint density at radius 2 is 2.25 bits per heavy atom. The minimum Gasteiger partial charge on any atom is -0.482 e. The molecular formula is C12H15N3O5. The summed E-state index contributed by atoms with van der Waals surface area (Å²) in [6, 6.07) is 4.17. The number of hydrogen-bond donors (Lipinski definition) is 1. The molecule has 0 fully saturated rings. The number of non-ortho nitro benzene ring substituents is 1. The molecule has 1 aromatic carbocycles. The molecule has 2 N–H and O–H groups in total. The van der Waals surface area contributed by atoms with Gasteiger partial charge in [-0.25, -0.2) is 0 Å². The Balaban J connectivity index is 2.18. The van der Waals surface area contributed by atoms with Gasteiger partial charge in [-0.05, 0) is 6.07 Å². The fourth-order valence-electron chi connectivity index (χ4n) is 1.89. The van der Waals surface area contributed by atoms with Gasteiger partial charge in [-0.3, -0.25) is 14.9 Å². The van der Waals surface area contributed by atoms with E-state index in [0.717, 1.165) is 0 Å². The van der Waals surface area contributed by atoms with Crippen molar-refractivity contribution in [2.24, 2.45) is 5.73 Å². The summed E-state index contributed by atoms with van der Waals surface area (Å²) in [7, 11) is 0. The van der Waals surface area contributed by atoms with Gasteiger partial charge in [-0.15, -0.1) is 0 Å². The number of hydrogen-bond acceptors (Lipinski definition) is 6. The maximum atomic E-state index is 11.9. The number of ether oxygens (including phenoxy) is 2. The fourth-order valence-corrected chi connectivity index (χ4v) is 1.89. The lowest BCUT2D eigenvalue weighted by molar-refractivity contribution is -0.384. The Morgan fingerprint density at radius 3 is 2.95 bits per heavy atom. The average Bonchev–Trinajstić information content (AvgIpc) is 2.44. The van der Waals surface area contributed by atoms with Gasteiger partial charge in [0.2, 0.25) is 0 Å². The van der Waals surface area contributed by atoms with Crippen LogP contribution in [0.2, 0.25) is 0 Å². The number of rotatable bonds is 6. The van der Waals surface area contributed by atoms with Gasteiger partial charge in [0.05, 0.1) is 23.8 Å². The van der Waals surface area contributed by atoms with E-state index in [9.17, 15) is 14.9 Å². The number of fused-ring (bicyclic) bond motifs is 1. The topological polar surface area (TPSA) is 108 Å². The second kappa shape index (κ2) is 6.31. The van der Waals surface area contributed by atoms with Gasteiger partial charge in [-0.1, -0.05) is 0 Å². The maximum Gasteiger partial charge on any atom is 0.271 e. The number of carbonyl (C=O) groups is 1. The van der Waals surface area contributed by atoms with E-state index >= 15 is 0 Å². The van der Waals surface area contributed by atoms with Crippen LogP contribution in [-0.2, 0) is 9.53 Å². The predicted octanol–water partition coefficient (Wildman–Crippen LogP) is 0.296. The van der Waals surface area contributed by atoms with Crippen molar-refractivity contribution in [3.05, 3.63) is 28.3 Å². The molecule has 1 amide bonds. The number of nitro groups is 1. The lowest BCUT2D eigenvalue weighted by Crippen LogP contribution is -2.41. The molecule has 2 rings (SSSR count). The molecule has 0 unspecified atom stereocenters. The van der Waals surface area contributed by atoms with E-state index in [1.54, 1.807) is 0 Å². The van der Waals surface area contributed by atoms with Crippen LogP contribution in [0.15, 0.2) is 18.2 Å². The van der Waals surface area contributed by atoms with Crippen LogP contribution in [0.25, 0.3) is 0 Å². The van der Waals surface area contributed by atoms with Gasteiger partial charge >= 0.3 is 0 Å². The first-order valence-electron chi connectivity index (χ1n) is 6.13. The maximum absolute atomic E-state index is 11.9. The molecule has 0 radical (unpaired) electrons. The van der Waals surface area contributed by atoms with Crippen LogP contribution < -0.4 is 15.4 Å². The zero-order valence-electron chi connectivity index (χ0n) is 10.8.